The standard InChI is InChI=1S/C21H26N2O6S/c1-4-28-17-8-10-18(11-9-17)30(26,27)22-13-12-21(25)29-14-20(24)23-19-7-5-6-15(2)16(19)3/h5-11,22H,4,12-14H2,1-3H3,(H,23,24). The van der Waals surface area contributed by atoms with Crippen molar-refractivity contribution in [2.45, 2.75) is 32.1 Å². The number of hydrogen-bond acceptors (Lipinski definition) is 6. The molecule has 0 saturated heterocycles. The van der Waals surface area contributed by atoms with E-state index in [1.165, 1.54) is 12.1 Å². The zero-order valence-electron chi connectivity index (χ0n) is 17.2. The molecular formula is C21H26N2O6S. The van der Waals surface area contributed by atoms with Crippen LogP contribution in [0.5, 0.6) is 5.75 Å². The van der Waals surface area contributed by atoms with E-state index in [0.717, 1.165) is 11.1 Å². The number of ether oxygens (including phenoxy) is 2. The van der Waals surface area contributed by atoms with E-state index in [1.807, 2.05) is 32.9 Å². The first-order chi connectivity index (χ1) is 14.2. The number of benzene rings is 2. The average Bonchev–Trinajstić information content (AvgIpc) is 2.70. The van der Waals surface area contributed by atoms with Crippen LogP contribution < -0.4 is 14.8 Å². The third kappa shape index (κ3) is 6.85. The minimum absolute atomic E-state index is 0.0622. The van der Waals surface area contributed by atoms with Crippen LogP contribution in [0.2, 0.25) is 0 Å². The van der Waals surface area contributed by atoms with Crippen molar-refractivity contribution in [3.05, 3.63) is 53.6 Å². The molecule has 0 fully saturated rings. The molecule has 1 amide bonds. The molecule has 0 aliphatic rings. The number of carbonyl (C=O) groups excluding carboxylic acids is 2. The molecule has 0 aromatic heterocycles. The van der Waals surface area contributed by atoms with Gasteiger partial charge in [-0.05, 0) is 62.2 Å². The first kappa shape index (κ1) is 23.4. The van der Waals surface area contributed by atoms with E-state index < -0.39 is 28.5 Å². The highest BCUT2D eigenvalue weighted by Gasteiger charge is 2.15. The molecule has 0 heterocycles. The molecule has 0 aliphatic carbocycles. The highest BCUT2D eigenvalue weighted by Crippen LogP contribution is 2.18. The van der Waals surface area contributed by atoms with Gasteiger partial charge in [-0.3, -0.25) is 9.59 Å². The van der Waals surface area contributed by atoms with Crippen molar-refractivity contribution in [2.75, 3.05) is 25.1 Å². The van der Waals surface area contributed by atoms with E-state index in [4.69, 9.17) is 9.47 Å². The molecule has 8 nitrogen and oxygen atoms in total. The molecule has 9 heteroatoms. The number of amides is 1. The van der Waals surface area contributed by atoms with Crippen LogP contribution >= 0.6 is 0 Å². The van der Waals surface area contributed by atoms with Gasteiger partial charge in [0.1, 0.15) is 5.75 Å². The summed E-state index contributed by atoms with van der Waals surface area (Å²) in [5.41, 5.74) is 2.62. The number of hydrogen-bond donors (Lipinski definition) is 2. The van der Waals surface area contributed by atoms with Crippen LogP contribution in [0.15, 0.2) is 47.4 Å². The van der Waals surface area contributed by atoms with Crippen LogP contribution in [-0.4, -0.2) is 40.1 Å². The predicted molar refractivity (Wildman–Crippen MR) is 113 cm³/mol. The maximum atomic E-state index is 12.2. The molecule has 2 N–H and O–H groups in total. The van der Waals surface area contributed by atoms with E-state index in [-0.39, 0.29) is 17.9 Å². The topological polar surface area (TPSA) is 111 Å². The van der Waals surface area contributed by atoms with Crippen molar-refractivity contribution >= 4 is 27.6 Å². The summed E-state index contributed by atoms with van der Waals surface area (Å²) in [5, 5.41) is 2.68. The van der Waals surface area contributed by atoms with Gasteiger partial charge in [0.2, 0.25) is 10.0 Å². The van der Waals surface area contributed by atoms with E-state index in [9.17, 15) is 18.0 Å². The van der Waals surface area contributed by atoms with Crippen molar-refractivity contribution in [3.63, 3.8) is 0 Å². The largest absolute Gasteiger partial charge is 0.494 e. The molecule has 2 aromatic carbocycles. The summed E-state index contributed by atoms with van der Waals surface area (Å²) < 4.78 is 37.0. The van der Waals surface area contributed by atoms with E-state index >= 15 is 0 Å². The molecule has 30 heavy (non-hydrogen) atoms. The van der Waals surface area contributed by atoms with Crippen molar-refractivity contribution in [2.24, 2.45) is 0 Å². The number of carbonyl (C=O) groups is 2. The third-order valence-electron chi connectivity index (χ3n) is 4.31. The lowest BCUT2D eigenvalue weighted by molar-refractivity contribution is -0.147. The van der Waals surface area contributed by atoms with E-state index in [1.54, 1.807) is 18.2 Å². The quantitative estimate of drug-likeness (QED) is 0.556. The van der Waals surface area contributed by atoms with Gasteiger partial charge in [0.25, 0.3) is 5.91 Å². The van der Waals surface area contributed by atoms with Gasteiger partial charge >= 0.3 is 5.97 Å². The van der Waals surface area contributed by atoms with Crippen LogP contribution in [0, 0.1) is 13.8 Å². The molecule has 0 saturated carbocycles. The summed E-state index contributed by atoms with van der Waals surface area (Å²) in [5.74, 6) is -0.577. The lowest BCUT2D eigenvalue weighted by Gasteiger charge is -2.11. The first-order valence-corrected chi connectivity index (χ1v) is 11.0. The molecule has 0 aliphatic heterocycles. The number of rotatable bonds is 10. The Morgan fingerprint density at radius 1 is 1.03 bits per heavy atom. The fourth-order valence-electron chi connectivity index (χ4n) is 2.54. The Hall–Kier alpha value is -2.91. The summed E-state index contributed by atoms with van der Waals surface area (Å²) in [4.78, 5) is 23.8. The fourth-order valence-corrected chi connectivity index (χ4v) is 3.58. The zero-order chi connectivity index (χ0) is 22.1. The number of sulfonamides is 1. The molecule has 0 spiro atoms. The summed E-state index contributed by atoms with van der Waals surface area (Å²) in [6, 6.07) is 11.5. The van der Waals surface area contributed by atoms with E-state index in [0.29, 0.717) is 18.0 Å². The van der Waals surface area contributed by atoms with Crippen molar-refractivity contribution in [1.82, 2.24) is 4.72 Å². The van der Waals surface area contributed by atoms with Crippen molar-refractivity contribution in [1.29, 1.82) is 0 Å². The highest BCUT2D eigenvalue weighted by molar-refractivity contribution is 7.89. The Morgan fingerprint density at radius 2 is 1.73 bits per heavy atom. The Bertz CT molecular complexity index is 987. The van der Waals surface area contributed by atoms with Crippen molar-refractivity contribution < 1.29 is 27.5 Å². The van der Waals surface area contributed by atoms with Crippen LogP contribution in [0.4, 0.5) is 5.69 Å². The van der Waals surface area contributed by atoms with Crippen LogP contribution in [0.1, 0.15) is 24.5 Å². The maximum absolute atomic E-state index is 12.2. The second kappa shape index (κ2) is 10.7. The van der Waals surface area contributed by atoms with E-state index in [2.05, 4.69) is 10.0 Å². The average molecular weight is 435 g/mol. The number of nitrogens with one attached hydrogen (secondary N) is 2. The smallest absolute Gasteiger partial charge is 0.307 e. The molecule has 162 valence electrons. The van der Waals surface area contributed by atoms with Gasteiger partial charge in [0.05, 0.1) is 17.9 Å². The normalized spacial score (nSPS) is 11.0. The SMILES string of the molecule is CCOc1ccc(S(=O)(=O)NCCC(=O)OCC(=O)Nc2cccc(C)c2C)cc1. The van der Waals surface area contributed by atoms with Gasteiger partial charge in [-0.2, -0.15) is 0 Å². The molecule has 0 unspecified atom stereocenters. The second-order valence-corrected chi connectivity index (χ2v) is 8.28. The Labute approximate surface area is 176 Å². The molecular weight excluding hydrogens is 408 g/mol. The molecule has 2 rings (SSSR count). The monoisotopic (exact) mass is 434 g/mol. The summed E-state index contributed by atoms with van der Waals surface area (Å²) in [6.45, 7) is 5.53. The molecule has 0 radical (unpaired) electrons. The highest BCUT2D eigenvalue weighted by atomic mass is 32.2. The lowest BCUT2D eigenvalue weighted by atomic mass is 10.1. The molecule has 2 aromatic rings. The van der Waals surface area contributed by atoms with Crippen molar-refractivity contribution in [3.8, 4) is 5.75 Å². The minimum atomic E-state index is -3.76. The first-order valence-electron chi connectivity index (χ1n) is 9.47. The van der Waals surface area contributed by atoms with Crippen LogP contribution in [0.3, 0.4) is 0 Å². The predicted octanol–water partition coefficient (Wildman–Crippen LogP) is 2.55. The van der Waals surface area contributed by atoms with Gasteiger partial charge in [-0.25, -0.2) is 13.1 Å². The Kier molecular flexibility index (Phi) is 8.37. The summed E-state index contributed by atoms with van der Waals surface area (Å²) >= 11 is 0. The maximum Gasteiger partial charge on any atom is 0.307 e. The second-order valence-electron chi connectivity index (χ2n) is 6.51. The van der Waals surface area contributed by atoms with Gasteiger partial charge in [0, 0.05) is 12.2 Å². The minimum Gasteiger partial charge on any atom is -0.494 e. The Morgan fingerprint density at radius 3 is 2.40 bits per heavy atom. The molecule has 0 bridgehead atoms. The van der Waals surface area contributed by atoms with Gasteiger partial charge in [-0.15, -0.1) is 0 Å². The van der Waals surface area contributed by atoms with Gasteiger partial charge < -0.3 is 14.8 Å². The molecule has 0 atom stereocenters. The zero-order valence-corrected chi connectivity index (χ0v) is 18.0. The van der Waals surface area contributed by atoms with Crippen LogP contribution in [0.25, 0.3) is 0 Å². The number of esters is 1. The third-order valence-corrected chi connectivity index (χ3v) is 5.79. The number of anilines is 1. The summed E-state index contributed by atoms with van der Waals surface area (Å²) in [6.07, 6.45) is -0.201. The van der Waals surface area contributed by atoms with Gasteiger partial charge in [-0.1, -0.05) is 12.1 Å². The lowest BCUT2D eigenvalue weighted by Crippen LogP contribution is -2.28. The van der Waals surface area contributed by atoms with Crippen LogP contribution in [-0.2, 0) is 24.3 Å². The Balaban J connectivity index is 1.76. The number of aryl methyl sites for hydroxylation is 1. The summed E-state index contributed by atoms with van der Waals surface area (Å²) in [7, 11) is -3.76. The fraction of sp³-hybridized carbons (Fsp3) is 0.333. The van der Waals surface area contributed by atoms with Gasteiger partial charge in [0.15, 0.2) is 6.61 Å².